The summed E-state index contributed by atoms with van der Waals surface area (Å²) < 4.78 is 0. The van der Waals surface area contributed by atoms with Crippen molar-refractivity contribution >= 4 is 8.07 Å². The van der Waals surface area contributed by atoms with E-state index in [-0.39, 0.29) is 0 Å². The summed E-state index contributed by atoms with van der Waals surface area (Å²) in [5, 5.41) is 9.23. The van der Waals surface area contributed by atoms with Crippen molar-refractivity contribution in [3.8, 4) is 0 Å². The molecule has 0 fully saturated rings. The lowest BCUT2D eigenvalue weighted by Gasteiger charge is -2.36. The van der Waals surface area contributed by atoms with E-state index in [1.54, 1.807) is 0 Å². The molecule has 0 aliphatic carbocycles. The third-order valence-electron chi connectivity index (χ3n) is 2.77. The van der Waals surface area contributed by atoms with Crippen molar-refractivity contribution in [1.29, 1.82) is 0 Å². The van der Waals surface area contributed by atoms with Crippen molar-refractivity contribution in [3.63, 3.8) is 0 Å². The molecule has 0 atom stereocenters. The molecule has 0 unspecified atom stereocenters. The molecule has 0 aliphatic rings. The van der Waals surface area contributed by atoms with Gasteiger partial charge in [0.25, 0.3) is 0 Å². The Labute approximate surface area is 65.5 Å². The SMILES string of the molecule is CC(C)(C)[Si](C)(C)CCO. The van der Waals surface area contributed by atoms with Crippen molar-refractivity contribution in [2.45, 2.75) is 44.9 Å². The molecule has 0 radical (unpaired) electrons. The molecule has 0 saturated heterocycles. The highest BCUT2D eigenvalue weighted by Gasteiger charge is 2.33. The highest BCUT2D eigenvalue weighted by Crippen LogP contribution is 2.38. The van der Waals surface area contributed by atoms with Gasteiger partial charge in [-0.05, 0) is 11.1 Å². The van der Waals surface area contributed by atoms with Gasteiger partial charge in [-0.25, -0.2) is 0 Å². The summed E-state index contributed by atoms with van der Waals surface area (Å²) in [6.45, 7) is 11.8. The summed E-state index contributed by atoms with van der Waals surface area (Å²) in [6.07, 6.45) is 0. The first-order chi connectivity index (χ1) is 4.31. The molecule has 1 N–H and O–H groups in total. The van der Waals surface area contributed by atoms with E-state index in [0.717, 1.165) is 6.04 Å². The van der Waals surface area contributed by atoms with Crippen LogP contribution in [0.5, 0.6) is 0 Å². The minimum Gasteiger partial charge on any atom is -0.397 e. The van der Waals surface area contributed by atoms with E-state index < -0.39 is 8.07 Å². The molecule has 0 aromatic rings. The smallest absolute Gasteiger partial charge is 0.0550 e. The Kier molecular flexibility index (Phi) is 3.11. The summed E-state index contributed by atoms with van der Waals surface area (Å²) in [7, 11) is -1.15. The second kappa shape index (κ2) is 3.05. The van der Waals surface area contributed by atoms with Crippen molar-refractivity contribution in [1.82, 2.24) is 0 Å². The zero-order chi connectivity index (χ0) is 8.41. The van der Waals surface area contributed by atoms with Crippen molar-refractivity contribution < 1.29 is 5.11 Å². The number of rotatable bonds is 2. The Morgan fingerprint density at radius 2 is 1.60 bits per heavy atom. The summed E-state index contributed by atoms with van der Waals surface area (Å²) in [6, 6.07) is 1.02. The van der Waals surface area contributed by atoms with Crippen LogP contribution in [0.15, 0.2) is 0 Å². The van der Waals surface area contributed by atoms with Gasteiger partial charge < -0.3 is 5.11 Å². The van der Waals surface area contributed by atoms with Crippen LogP contribution in [0, 0.1) is 0 Å². The van der Waals surface area contributed by atoms with Crippen LogP contribution in [0.4, 0.5) is 0 Å². The van der Waals surface area contributed by atoms with Crippen LogP contribution in [0.25, 0.3) is 0 Å². The van der Waals surface area contributed by atoms with Crippen molar-refractivity contribution in [2.75, 3.05) is 6.61 Å². The maximum Gasteiger partial charge on any atom is 0.0550 e. The van der Waals surface area contributed by atoms with Crippen LogP contribution < -0.4 is 0 Å². The maximum absolute atomic E-state index is 8.80. The van der Waals surface area contributed by atoms with Gasteiger partial charge in [-0.15, -0.1) is 0 Å². The molecular weight excluding hydrogens is 140 g/mol. The summed E-state index contributed by atoms with van der Waals surface area (Å²) in [5.74, 6) is 0. The lowest BCUT2D eigenvalue weighted by atomic mass is 10.2. The predicted octanol–water partition coefficient (Wildman–Crippen LogP) is 2.49. The van der Waals surface area contributed by atoms with Gasteiger partial charge in [-0.1, -0.05) is 33.9 Å². The summed E-state index contributed by atoms with van der Waals surface area (Å²) in [4.78, 5) is 0. The zero-order valence-corrected chi connectivity index (χ0v) is 8.86. The molecule has 2 heteroatoms. The van der Waals surface area contributed by atoms with Gasteiger partial charge in [0.05, 0.1) is 8.07 Å². The molecule has 0 spiro atoms. The quantitative estimate of drug-likeness (QED) is 0.615. The lowest BCUT2D eigenvalue weighted by molar-refractivity contribution is 0.315. The van der Waals surface area contributed by atoms with Gasteiger partial charge in [0.1, 0.15) is 0 Å². The fraction of sp³-hybridized carbons (Fsp3) is 1.00. The molecule has 1 nitrogen and oxygen atoms in total. The highest BCUT2D eigenvalue weighted by atomic mass is 28.3. The van der Waals surface area contributed by atoms with Crippen LogP contribution in [-0.4, -0.2) is 19.8 Å². The third-order valence-corrected chi connectivity index (χ3v) is 8.30. The second-order valence-electron chi connectivity index (χ2n) is 4.61. The normalized spacial score (nSPS) is 13.8. The summed E-state index contributed by atoms with van der Waals surface area (Å²) in [5.41, 5.74) is 0. The van der Waals surface area contributed by atoms with Crippen LogP contribution in [-0.2, 0) is 0 Å². The van der Waals surface area contributed by atoms with Crippen LogP contribution in [0.2, 0.25) is 24.2 Å². The Balaban J connectivity index is 4.10. The standard InChI is InChI=1S/C8H20OSi/c1-8(2,3)10(4,5)7-6-9/h9H,6-7H2,1-5H3. The fourth-order valence-electron chi connectivity index (χ4n) is 0.655. The molecule has 10 heavy (non-hydrogen) atoms. The first-order valence-electron chi connectivity index (χ1n) is 3.92. The number of hydrogen-bond donors (Lipinski definition) is 1. The lowest BCUT2D eigenvalue weighted by Crippen LogP contribution is -2.37. The van der Waals surface area contributed by atoms with Crippen molar-refractivity contribution in [3.05, 3.63) is 0 Å². The van der Waals surface area contributed by atoms with E-state index in [1.807, 2.05) is 0 Å². The molecule has 0 amide bonds. The van der Waals surface area contributed by atoms with Gasteiger partial charge in [0, 0.05) is 6.61 Å². The topological polar surface area (TPSA) is 20.2 Å². The summed E-state index contributed by atoms with van der Waals surface area (Å²) >= 11 is 0. The molecule has 0 rings (SSSR count). The second-order valence-corrected chi connectivity index (χ2v) is 10.4. The Morgan fingerprint density at radius 1 is 1.20 bits per heavy atom. The van der Waals surface area contributed by atoms with Gasteiger partial charge in [0.2, 0.25) is 0 Å². The van der Waals surface area contributed by atoms with Gasteiger partial charge >= 0.3 is 0 Å². The van der Waals surface area contributed by atoms with E-state index in [1.165, 1.54) is 0 Å². The first-order valence-corrected chi connectivity index (χ1v) is 7.13. The van der Waals surface area contributed by atoms with E-state index in [0.29, 0.717) is 11.6 Å². The Hall–Kier alpha value is 0.177. The zero-order valence-electron chi connectivity index (χ0n) is 7.86. The largest absolute Gasteiger partial charge is 0.397 e. The molecule has 62 valence electrons. The third kappa shape index (κ3) is 2.43. The van der Waals surface area contributed by atoms with Gasteiger partial charge in [0.15, 0.2) is 0 Å². The number of aliphatic hydroxyl groups excluding tert-OH is 1. The predicted molar refractivity (Wildman–Crippen MR) is 49.1 cm³/mol. The number of aliphatic hydroxyl groups is 1. The number of hydrogen-bond acceptors (Lipinski definition) is 1. The fourth-order valence-corrected chi connectivity index (χ4v) is 1.96. The van der Waals surface area contributed by atoms with Crippen molar-refractivity contribution in [2.24, 2.45) is 0 Å². The minimum absolute atomic E-state index is 0.358. The average Bonchev–Trinajstić information content (AvgIpc) is 1.61. The van der Waals surface area contributed by atoms with E-state index in [2.05, 4.69) is 33.9 Å². The minimum atomic E-state index is -1.15. The Morgan fingerprint density at radius 3 is 1.70 bits per heavy atom. The Bertz CT molecular complexity index is 102. The average molecular weight is 160 g/mol. The van der Waals surface area contributed by atoms with Crippen LogP contribution in [0.1, 0.15) is 20.8 Å². The monoisotopic (exact) mass is 160 g/mol. The highest BCUT2D eigenvalue weighted by molar-refractivity contribution is 6.80. The van der Waals surface area contributed by atoms with Gasteiger partial charge in [-0.3, -0.25) is 0 Å². The van der Waals surface area contributed by atoms with Crippen LogP contribution in [0.3, 0.4) is 0 Å². The molecule has 0 aromatic carbocycles. The van der Waals surface area contributed by atoms with E-state index in [4.69, 9.17) is 5.11 Å². The molecule has 0 bridgehead atoms. The van der Waals surface area contributed by atoms with E-state index >= 15 is 0 Å². The molecular formula is C8H20OSi. The first kappa shape index (κ1) is 10.2. The van der Waals surface area contributed by atoms with E-state index in [9.17, 15) is 0 Å². The maximum atomic E-state index is 8.80. The van der Waals surface area contributed by atoms with Crippen LogP contribution >= 0.6 is 0 Å². The molecule has 0 aliphatic heterocycles. The molecule has 0 heterocycles. The molecule has 0 aromatic heterocycles. The van der Waals surface area contributed by atoms with Gasteiger partial charge in [-0.2, -0.15) is 0 Å². The molecule has 0 saturated carbocycles.